The van der Waals surface area contributed by atoms with Crippen LogP contribution in [0.15, 0.2) is 0 Å². The van der Waals surface area contributed by atoms with E-state index >= 15 is 0 Å². The smallest absolute Gasteiger partial charge is 0.236 e. The zero-order valence-electron chi connectivity index (χ0n) is 4.98. The highest BCUT2D eigenvalue weighted by molar-refractivity contribution is 5.80. The SMILES string of the molecule is [CH2]CNC(=O)C(C)N. The lowest BCUT2D eigenvalue weighted by atomic mass is 10.3. The van der Waals surface area contributed by atoms with Gasteiger partial charge in [0.2, 0.25) is 5.91 Å². The van der Waals surface area contributed by atoms with Crippen molar-refractivity contribution in [3.05, 3.63) is 6.92 Å². The van der Waals surface area contributed by atoms with Crippen LogP contribution in [-0.2, 0) is 4.79 Å². The molecule has 3 nitrogen and oxygen atoms in total. The first-order valence-corrected chi connectivity index (χ1v) is 2.51. The summed E-state index contributed by atoms with van der Waals surface area (Å²) in [6.45, 7) is 5.45. The Morgan fingerprint density at radius 2 is 2.50 bits per heavy atom. The molecule has 0 fully saturated rings. The second-order valence-electron chi connectivity index (χ2n) is 1.58. The highest BCUT2D eigenvalue weighted by atomic mass is 16.2. The van der Waals surface area contributed by atoms with Crippen molar-refractivity contribution in [2.45, 2.75) is 13.0 Å². The maximum atomic E-state index is 10.5. The third-order valence-electron chi connectivity index (χ3n) is 0.713. The molecule has 47 valence electrons. The highest BCUT2D eigenvalue weighted by Crippen LogP contribution is 1.71. The monoisotopic (exact) mass is 115 g/mol. The van der Waals surface area contributed by atoms with E-state index in [4.69, 9.17) is 5.73 Å². The summed E-state index contributed by atoms with van der Waals surface area (Å²) in [7, 11) is 0. The first-order valence-electron chi connectivity index (χ1n) is 2.51. The van der Waals surface area contributed by atoms with Gasteiger partial charge in [-0.25, -0.2) is 0 Å². The van der Waals surface area contributed by atoms with Crippen molar-refractivity contribution in [3.63, 3.8) is 0 Å². The van der Waals surface area contributed by atoms with Crippen LogP contribution in [0.5, 0.6) is 0 Å². The Hall–Kier alpha value is -0.570. The fourth-order valence-electron chi connectivity index (χ4n) is 0.284. The van der Waals surface area contributed by atoms with Gasteiger partial charge in [-0.05, 0) is 13.8 Å². The average Bonchev–Trinajstić information content (AvgIpc) is 1.67. The van der Waals surface area contributed by atoms with E-state index in [0.717, 1.165) is 0 Å². The van der Waals surface area contributed by atoms with Gasteiger partial charge in [0.05, 0.1) is 6.04 Å². The van der Waals surface area contributed by atoms with Crippen LogP contribution in [0.25, 0.3) is 0 Å². The largest absolute Gasteiger partial charge is 0.355 e. The lowest BCUT2D eigenvalue weighted by molar-refractivity contribution is -0.121. The second kappa shape index (κ2) is 3.43. The Morgan fingerprint density at radius 3 is 2.62 bits per heavy atom. The number of carbonyl (C=O) groups is 1. The molecule has 0 heterocycles. The normalized spacial score (nSPS) is 12.9. The Balaban J connectivity index is 3.33. The molecule has 0 rings (SSSR count). The van der Waals surface area contributed by atoms with Crippen molar-refractivity contribution in [3.8, 4) is 0 Å². The van der Waals surface area contributed by atoms with E-state index in [1.165, 1.54) is 0 Å². The van der Waals surface area contributed by atoms with Crippen LogP contribution in [0.2, 0.25) is 0 Å². The molecule has 0 aliphatic heterocycles. The zero-order valence-corrected chi connectivity index (χ0v) is 4.98. The minimum atomic E-state index is -0.420. The van der Waals surface area contributed by atoms with Crippen LogP contribution in [0.4, 0.5) is 0 Å². The fraction of sp³-hybridized carbons (Fsp3) is 0.600. The highest BCUT2D eigenvalue weighted by Gasteiger charge is 2.02. The number of nitrogens with two attached hydrogens (primary N) is 1. The molecule has 0 aromatic heterocycles. The van der Waals surface area contributed by atoms with Gasteiger partial charge >= 0.3 is 0 Å². The number of hydrogen-bond acceptors (Lipinski definition) is 2. The Labute approximate surface area is 49.3 Å². The van der Waals surface area contributed by atoms with Crippen molar-refractivity contribution in [2.24, 2.45) is 5.73 Å². The Kier molecular flexibility index (Phi) is 3.19. The van der Waals surface area contributed by atoms with E-state index < -0.39 is 6.04 Å². The third-order valence-corrected chi connectivity index (χ3v) is 0.713. The van der Waals surface area contributed by atoms with E-state index in [2.05, 4.69) is 12.2 Å². The molecular formula is C5H11N2O. The molecule has 0 aromatic carbocycles. The van der Waals surface area contributed by atoms with Gasteiger partial charge in [0.15, 0.2) is 0 Å². The Bertz CT molecular complexity index is 80.5. The molecule has 0 saturated carbocycles. The van der Waals surface area contributed by atoms with Gasteiger partial charge in [-0.15, -0.1) is 0 Å². The van der Waals surface area contributed by atoms with Crippen molar-refractivity contribution in [1.29, 1.82) is 0 Å². The summed E-state index contributed by atoms with van der Waals surface area (Å²) < 4.78 is 0. The Morgan fingerprint density at radius 1 is 2.00 bits per heavy atom. The minimum Gasteiger partial charge on any atom is -0.355 e. The van der Waals surface area contributed by atoms with Crippen molar-refractivity contribution < 1.29 is 4.79 Å². The molecule has 8 heavy (non-hydrogen) atoms. The lowest BCUT2D eigenvalue weighted by Gasteiger charge is -2.02. The van der Waals surface area contributed by atoms with Crippen LogP contribution >= 0.6 is 0 Å². The van der Waals surface area contributed by atoms with E-state index in [9.17, 15) is 4.79 Å². The molecule has 0 aliphatic carbocycles. The summed E-state index contributed by atoms with van der Waals surface area (Å²) in [6.07, 6.45) is 0. The fourth-order valence-corrected chi connectivity index (χ4v) is 0.284. The molecule has 1 amide bonds. The quantitative estimate of drug-likeness (QED) is 0.499. The van der Waals surface area contributed by atoms with Gasteiger partial charge in [0.25, 0.3) is 0 Å². The summed E-state index contributed by atoms with van der Waals surface area (Å²) in [5, 5.41) is 2.47. The maximum Gasteiger partial charge on any atom is 0.236 e. The molecule has 1 unspecified atom stereocenters. The molecule has 3 heteroatoms. The maximum absolute atomic E-state index is 10.5. The van der Waals surface area contributed by atoms with E-state index in [1.807, 2.05) is 0 Å². The van der Waals surface area contributed by atoms with E-state index in [-0.39, 0.29) is 5.91 Å². The van der Waals surface area contributed by atoms with Gasteiger partial charge in [-0.2, -0.15) is 0 Å². The number of rotatable bonds is 2. The molecule has 1 radical (unpaired) electrons. The summed E-state index contributed by atoms with van der Waals surface area (Å²) in [5.74, 6) is -0.153. The summed E-state index contributed by atoms with van der Waals surface area (Å²) >= 11 is 0. The standard InChI is InChI=1S/C5H11N2O/c1-3-7-5(8)4(2)6/h4H,1,3,6H2,2H3,(H,7,8). The van der Waals surface area contributed by atoms with Crippen LogP contribution < -0.4 is 11.1 Å². The zero-order chi connectivity index (χ0) is 6.57. The molecule has 0 bridgehead atoms. The number of carbonyl (C=O) groups excluding carboxylic acids is 1. The van der Waals surface area contributed by atoms with Crippen molar-refractivity contribution in [2.75, 3.05) is 6.54 Å². The summed E-state index contributed by atoms with van der Waals surface area (Å²) in [6, 6.07) is -0.420. The van der Waals surface area contributed by atoms with Gasteiger partial charge in [0, 0.05) is 6.54 Å². The van der Waals surface area contributed by atoms with Crippen molar-refractivity contribution in [1.82, 2.24) is 5.32 Å². The predicted molar refractivity (Wildman–Crippen MR) is 32.0 cm³/mol. The molecule has 0 saturated heterocycles. The first-order chi connectivity index (χ1) is 3.68. The lowest BCUT2D eigenvalue weighted by Crippen LogP contribution is -2.38. The average molecular weight is 115 g/mol. The van der Waals surface area contributed by atoms with Crippen molar-refractivity contribution >= 4 is 5.91 Å². The van der Waals surface area contributed by atoms with Gasteiger partial charge in [0.1, 0.15) is 0 Å². The number of nitrogens with one attached hydrogen (secondary N) is 1. The van der Waals surface area contributed by atoms with E-state index in [1.54, 1.807) is 6.92 Å². The molecule has 0 spiro atoms. The minimum absolute atomic E-state index is 0.153. The third kappa shape index (κ3) is 2.58. The van der Waals surface area contributed by atoms with Crippen LogP contribution in [0.3, 0.4) is 0 Å². The van der Waals surface area contributed by atoms with Crippen LogP contribution in [0.1, 0.15) is 6.92 Å². The van der Waals surface area contributed by atoms with E-state index in [0.29, 0.717) is 6.54 Å². The van der Waals surface area contributed by atoms with Crippen LogP contribution in [0, 0.1) is 6.92 Å². The molecular weight excluding hydrogens is 104 g/mol. The summed E-state index contributed by atoms with van der Waals surface area (Å²) in [4.78, 5) is 10.5. The van der Waals surface area contributed by atoms with Crippen LogP contribution in [-0.4, -0.2) is 18.5 Å². The van der Waals surface area contributed by atoms with Gasteiger partial charge in [-0.1, -0.05) is 0 Å². The molecule has 0 aromatic rings. The second-order valence-corrected chi connectivity index (χ2v) is 1.58. The van der Waals surface area contributed by atoms with Gasteiger partial charge in [-0.3, -0.25) is 4.79 Å². The molecule has 1 atom stereocenters. The molecule has 3 N–H and O–H groups in total. The summed E-state index contributed by atoms with van der Waals surface area (Å²) in [5.41, 5.74) is 5.18. The number of hydrogen-bond donors (Lipinski definition) is 2. The first kappa shape index (κ1) is 7.43. The topological polar surface area (TPSA) is 55.1 Å². The van der Waals surface area contributed by atoms with Gasteiger partial charge < -0.3 is 11.1 Å². The number of amides is 1. The predicted octanol–water partition coefficient (Wildman–Crippen LogP) is -0.716. The molecule has 0 aliphatic rings.